The van der Waals surface area contributed by atoms with Crippen LogP contribution in [0.15, 0.2) is 23.3 Å². The zero-order valence-electron chi connectivity index (χ0n) is 8.93. The monoisotopic (exact) mass is 206 g/mol. The van der Waals surface area contributed by atoms with Gasteiger partial charge in [-0.15, -0.1) is 0 Å². The Balaban J connectivity index is 2.28. The molecular formula is C11H14N2O2. The standard InChI is InChI=1S/C11H14N2O2/c1-14-11(15-2)9-6-5-8-4-3-7-12-10(8)13-9/h3-4,7,11H,5-6H2,1-2H3. The van der Waals surface area contributed by atoms with Crippen molar-refractivity contribution in [1.29, 1.82) is 0 Å². The Morgan fingerprint density at radius 2 is 2.07 bits per heavy atom. The molecule has 0 saturated carbocycles. The summed E-state index contributed by atoms with van der Waals surface area (Å²) in [5.41, 5.74) is 2.10. The lowest BCUT2D eigenvalue weighted by molar-refractivity contribution is -0.0532. The summed E-state index contributed by atoms with van der Waals surface area (Å²) in [5.74, 6) is 0.790. The van der Waals surface area contributed by atoms with Crippen molar-refractivity contribution in [3.63, 3.8) is 0 Å². The molecule has 0 N–H and O–H groups in total. The molecule has 0 spiro atoms. The van der Waals surface area contributed by atoms with Crippen molar-refractivity contribution >= 4 is 11.5 Å². The maximum Gasteiger partial charge on any atom is 0.196 e. The highest BCUT2D eigenvalue weighted by Crippen LogP contribution is 2.24. The second-order valence-corrected chi connectivity index (χ2v) is 3.39. The van der Waals surface area contributed by atoms with Crippen molar-refractivity contribution in [1.82, 2.24) is 4.98 Å². The fourth-order valence-corrected chi connectivity index (χ4v) is 1.72. The summed E-state index contributed by atoms with van der Waals surface area (Å²) >= 11 is 0. The second kappa shape index (κ2) is 4.51. The van der Waals surface area contributed by atoms with Crippen molar-refractivity contribution in [2.24, 2.45) is 4.99 Å². The molecular weight excluding hydrogens is 192 g/mol. The number of aryl methyl sites for hydroxylation is 1. The van der Waals surface area contributed by atoms with Crippen LogP contribution >= 0.6 is 0 Å². The molecule has 0 saturated heterocycles. The minimum Gasteiger partial charge on any atom is -0.351 e. The highest BCUT2D eigenvalue weighted by atomic mass is 16.7. The van der Waals surface area contributed by atoms with Gasteiger partial charge < -0.3 is 9.47 Å². The van der Waals surface area contributed by atoms with Crippen LogP contribution in [0.4, 0.5) is 5.82 Å². The third-order valence-corrected chi connectivity index (χ3v) is 2.47. The molecule has 0 unspecified atom stereocenters. The molecule has 2 rings (SSSR count). The van der Waals surface area contributed by atoms with E-state index in [9.17, 15) is 0 Å². The molecule has 0 aliphatic carbocycles. The fraction of sp³-hybridized carbons (Fsp3) is 0.455. The normalized spacial score (nSPS) is 15.0. The van der Waals surface area contributed by atoms with Gasteiger partial charge in [0.2, 0.25) is 0 Å². The number of ether oxygens (including phenoxy) is 2. The summed E-state index contributed by atoms with van der Waals surface area (Å²) < 4.78 is 10.3. The van der Waals surface area contributed by atoms with Gasteiger partial charge in [-0.3, -0.25) is 0 Å². The average molecular weight is 206 g/mol. The summed E-state index contributed by atoms with van der Waals surface area (Å²) in [5, 5.41) is 0. The predicted molar refractivity (Wildman–Crippen MR) is 57.5 cm³/mol. The van der Waals surface area contributed by atoms with E-state index < -0.39 is 0 Å². The van der Waals surface area contributed by atoms with Crippen LogP contribution in [0, 0.1) is 0 Å². The van der Waals surface area contributed by atoms with E-state index in [-0.39, 0.29) is 6.29 Å². The molecule has 1 aliphatic heterocycles. The molecule has 15 heavy (non-hydrogen) atoms. The summed E-state index contributed by atoms with van der Waals surface area (Å²) in [6.45, 7) is 0. The largest absolute Gasteiger partial charge is 0.351 e. The molecule has 2 heterocycles. The van der Waals surface area contributed by atoms with Gasteiger partial charge in [-0.1, -0.05) is 6.07 Å². The summed E-state index contributed by atoms with van der Waals surface area (Å²) in [7, 11) is 3.23. The topological polar surface area (TPSA) is 43.7 Å². The molecule has 1 aromatic rings. The Morgan fingerprint density at radius 3 is 2.80 bits per heavy atom. The van der Waals surface area contributed by atoms with Crippen LogP contribution in [0.1, 0.15) is 12.0 Å². The highest BCUT2D eigenvalue weighted by Gasteiger charge is 2.19. The number of aromatic nitrogens is 1. The van der Waals surface area contributed by atoms with E-state index in [0.717, 1.165) is 24.4 Å². The smallest absolute Gasteiger partial charge is 0.196 e. The van der Waals surface area contributed by atoms with Crippen LogP contribution in [0.25, 0.3) is 0 Å². The van der Waals surface area contributed by atoms with Gasteiger partial charge in [0.15, 0.2) is 12.1 Å². The molecule has 4 heteroatoms. The predicted octanol–water partition coefficient (Wildman–Crippen LogP) is 1.72. The molecule has 80 valence electrons. The summed E-state index contributed by atoms with van der Waals surface area (Å²) in [4.78, 5) is 8.66. The van der Waals surface area contributed by atoms with E-state index in [1.807, 2.05) is 6.07 Å². The first kappa shape index (κ1) is 10.3. The summed E-state index contributed by atoms with van der Waals surface area (Å²) in [6.07, 6.45) is 3.22. The van der Waals surface area contributed by atoms with E-state index in [4.69, 9.17) is 9.47 Å². The molecule has 0 aromatic carbocycles. The van der Waals surface area contributed by atoms with E-state index >= 15 is 0 Å². The lowest BCUT2D eigenvalue weighted by Crippen LogP contribution is -2.26. The van der Waals surface area contributed by atoms with E-state index in [0.29, 0.717) is 0 Å². The molecule has 1 aromatic heterocycles. The fourth-order valence-electron chi connectivity index (χ4n) is 1.72. The first-order chi connectivity index (χ1) is 7.35. The zero-order chi connectivity index (χ0) is 10.7. The minimum absolute atomic E-state index is 0.347. The molecule has 0 bridgehead atoms. The van der Waals surface area contributed by atoms with Gasteiger partial charge in [0.25, 0.3) is 0 Å². The summed E-state index contributed by atoms with van der Waals surface area (Å²) in [6, 6.07) is 3.99. The van der Waals surface area contributed by atoms with Crippen LogP contribution in [0.5, 0.6) is 0 Å². The maximum atomic E-state index is 5.17. The van der Waals surface area contributed by atoms with Gasteiger partial charge in [-0.2, -0.15) is 0 Å². The van der Waals surface area contributed by atoms with Crippen molar-refractivity contribution in [2.45, 2.75) is 19.1 Å². The Kier molecular flexibility index (Phi) is 3.08. The first-order valence-electron chi connectivity index (χ1n) is 4.92. The Morgan fingerprint density at radius 1 is 1.27 bits per heavy atom. The number of nitrogens with zero attached hydrogens (tertiary/aromatic N) is 2. The van der Waals surface area contributed by atoms with Crippen LogP contribution < -0.4 is 0 Å². The van der Waals surface area contributed by atoms with Gasteiger partial charge in [-0.25, -0.2) is 9.98 Å². The van der Waals surface area contributed by atoms with Crippen LogP contribution in [0.3, 0.4) is 0 Å². The molecule has 0 atom stereocenters. The lowest BCUT2D eigenvalue weighted by atomic mass is 10.0. The molecule has 0 amide bonds. The molecule has 0 fully saturated rings. The Labute approximate surface area is 89.0 Å². The van der Waals surface area contributed by atoms with Gasteiger partial charge in [0, 0.05) is 20.4 Å². The number of methoxy groups -OCH3 is 2. The molecule has 4 nitrogen and oxygen atoms in total. The number of hydrogen-bond donors (Lipinski definition) is 0. The van der Waals surface area contributed by atoms with Gasteiger partial charge in [0.05, 0.1) is 5.71 Å². The SMILES string of the molecule is COC(OC)C1=Nc2ncccc2CC1. The van der Waals surface area contributed by atoms with Crippen molar-refractivity contribution < 1.29 is 9.47 Å². The third kappa shape index (κ3) is 2.06. The van der Waals surface area contributed by atoms with E-state index in [1.165, 1.54) is 5.56 Å². The second-order valence-electron chi connectivity index (χ2n) is 3.39. The van der Waals surface area contributed by atoms with Crippen LogP contribution in [0.2, 0.25) is 0 Å². The van der Waals surface area contributed by atoms with Crippen LogP contribution in [-0.2, 0) is 15.9 Å². The Bertz CT molecular complexity index is 373. The van der Waals surface area contributed by atoms with Crippen LogP contribution in [-0.4, -0.2) is 31.2 Å². The number of rotatable bonds is 3. The van der Waals surface area contributed by atoms with Gasteiger partial charge in [0.1, 0.15) is 0 Å². The maximum absolute atomic E-state index is 5.17. The van der Waals surface area contributed by atoms with Crippen molar-refractivity contribution in [2.75, 3.05) is 14.2 Å². The van der Waals surface area contributed by atoms with Gasteiger partial charge in [-0.05, 0) is 24.5 Å². The molecule has 1 aliphatic rings. The highest BCUT2D eigenvalue weighted by molar-refractivity contribution is 5.91. The number of hydrogen-bond acceptors (Lipinski definition) is 4. The van der Waals surface area contributed by atoms with Crippen molar-refractivity contribution in [3.8, 4) is 0 Å². The lowest BCUT2D eigenvalue weighted by Gasteiger charge is -2.20. The average Bonchev–Trinajstić information content (AvgIpc) is 2.30. The quantitative estimate of drug-likeness (QED) is 0.707. The molecule has 0 radical (unpaired) electrons. The zero-order valence-corrected chi connectivity index (χ0v) is 8.93. The first-order valence-corrected chi connectivity index (χ1v) is 4.92. The third-order valence-electron chi connectivity index (χ3n) is 2.47. The van der Waals surface area contributed by atoms with E-state index in [1.54, 1.807) is 20.4 Å². The number of aliphatic imine (C=N–C) groups is 1. The van der Waals surface area contributed by atoms with E-state index in [2.05, 4.69) is 16.0 Å². The van der Waals surface area contributed by atoms with Crippen molar-refractivity contribution in [3.05, 3.63) is 23.9 Å². The number of pyridine rings is 1. The number of fused-ring (bicyclic) bond motifs is 1. The van der Waals surface area contributed by atoms with Gasteiger partial charge >= 0.3 is 0 Å². The minimum atomic E-state index is -0.347. The Hall–Kier alpha value is -1.26.